The Hall–Kier alpha value is -3.65. The van der Waals surface area contributed by atoms with Crippen LogP contribution >= 0.6 is 0 Å². The Morgan fingerprint density at radius 3 is 2.09 bits per heavy atom. The summed E-state index contributed by atoms with van der Waals surface area (Å²) in [4.78, 5) is 29.7. The molecule has 0 saturated carbocycles. The van der Waals surface area contributed by atoms with Gasteiger partial charge >= 0.3 is 6.18 Å². The van der Waals surface area contributed by atoms with Crippen molar-refractivity contribution in [2.75, 3.05) is 26.2 Å². The molecule has 35 heavy (non-hydrogen) atoms. The molecule has 0 aromatic heterocycles. The van der Waals surface area contributed by atoms with Crippen molar-refractivity contribution in [3.8, 4) is 0 Å². The Labute approximate surface area is 202 Å². The molecule has 2 amide bonds. The third-order valence-corrected chi connectivity index (χ3v) is 6.08. The molecule has 1 saturated heterocycles. The first-order chi connectivity index (χ1) is 16.8. The summed E-state index contributed by atoms with van der Waals surface area (Å²) < 4.78 is 39.2. The fourth-order valence-electron chi connectivity index (χ4n) is 4.24. The highest BCUT2D eigenvalue weighted by Gasteiger charge is 2.33. The molecular formula is C27H26F3N3O2. The molecular weight excluding hydrogens is 455 g/mol. The van der Waals surface area contributed by atoms with Gasteiger partial charge in [-0.2, -0.15) is 13.2 Å². The second kappa shape index (κ2) is 10.7. The molecule has 0 spiro atoms. The molecule has 5 nitrogen and oxygen atoms in total. The summed E-state index contributed by atoms with van der Waals surface area (Å²) in [6, 6.07) is 23.0. The highest BCUT2D eigenvalue weighted by molar-refractivity contribution is 5.94. The molecule has 182 valence electrons. The van der Waals surface area contributed by atoms with E-state index in [0.29, 0.717) is 32.7 Å². The number of piperazine rings is 1. The lowest BCUT2D eigenvalue weighted by Gasteiger charge is -2.39. The Morgan fingerprint density at radius 2 is 1.46 bits per heavy atom. The third kappa shape index (κ3) is 6.08. The summed E-state index contributed by atoms with van der Waals surface area (Å²) in [7, 11) is 0. The van der Waals surface area contributed by atoms with E-state index in [9.17, 15) is 22.8 Å². The number of halogens is 3. The highest BCUT2D eigenvalue weighted by atomic mass is 19.4. The molecule has 0 aliphatic carbocycles. The van der Waals surface area contributed by atoms with Gasteiger partial charge in [0, 0.05) is 38.3 Å². The van der Waals surface area contributed by atoms with Crippen molar-refractivity contribution < 1.29 is 22.8 Å². The van der Waals surface area contributed by atoms with Gasteiger partial charge in [-0.25, -0.2) is 0 Å². The van der Waals surface area contributed by atoms with Crippen LogP contribution in [0.1, 0.15) is 33.1 Å². The SMILES string of the molecule is O=C(NCc1ccccc1)C(c1ccccc1)N1CCN(C(=O)c2cccc(C(F)(F)F)c2)CC1. The Morgan fingerprint density at radius 1 is 0.829 bits per heavy atom. The van der Waals surface area contributed by atoms with Crippen molar-refractivity contribution in [3.63, 3.8) is 0 Å². The Kier molecular flexibility index (Phi) is 7.51. The van der Waals surface area contributed by atoms with Gasteiger partial charge in [-0.1, -0.05) is 66.7 Å². The standard InChI is InChI=1S/C27H26F3N3O2/c28-27(29,30)23-13-7-12-22(18-23)26(35)33-16-14-32(15-17-33)24(21-10-5-2-6-11-21)25(34)31-19-20-8-3-1-4-9-20/h1-13,18,24H,14-17,19H2,(H,31,34). The van der Waals surface area contributed by atoms with Crippen LogP contribution in [0.4, 0.5) is 13.2 Å². The molecule has 1 heterocycles. The largest absolute Gasteiger partial charge is 0.416 e. The lowest BCUT2D eigenvalue weighted by Crippen LogP contribution is -2.52. The fourth-order valence-corrected chi connectivity index (χ4v) is 4.24. The van der Waals surface area contributed by atoms with Crippen LogP contribution in [0, 0.1) is 0 Å². The molecule has 3 aromatic carbocycles. The zero-order valence-corrected chi connectivity index (χ0v) is 19.0. The first kappa shape index (κ1) is 24.5. The molecule has 1 fully saturated rings. The maximum absolute atomic E-state index is 13.2. The molecule has 1 atom stereocenters. The first-order valence-electron chi connectivity index (χ1n) is 11.4. The van der Waals surface area contributed by atoms with E-state index in [-0.39, 0.29) is 11.5 Å². The van der Waals surface area contributed by atoms with Crippen LogP contribution in [0.25, 0.3) is 0 Å². The zero-order valence-electron chi connectivity index (χ0n) is 19.0. The highest BCUT2D eigenvalue weighted by Crippen LogP contribution is 2.30. The molecule has 4 rings (SSSR count). The van der Waals surface area contributed by atoms with Crippen LogP contribution in [-0.2, 0) is 17.5 Å². The molecule has 1 N–H and O–H groups in total. The molecule has 0 bridgehead atoms. The maximum atomic E-state index is 13.2. The van der Waals surface area contributed by atoms with Crippen LogP contribution < -0.4 is 5.32 Å². The fraction of sp³-hybridized carbons (Fsp3) is 0.259. The maximum Gasteiger partial charge on any atom is 0.416 e. The number of hydrogen-bond acceptors (Lipinski definition) is 3. The van der Waals surface area contributed by atoms with Crippen LogP contribution in [0.2, 0.25) is 0 Å². The topological polar surface area (TPSA) is 52.7 Å². The monoisotopic (exact) mass is 481 g/mol. The average molecular weight is 482 g/mol. The minimum absolute atomic E-state index is 0.00786. The van der Waals surface area contributed by atoms with Crippen molar-refractivity contribution in [2.24, 2.45) is 0 Å². The first-order valence-corrected chi connectivity index (χ1v) is 11.4. The lowest BCUT2D eigenvalue weighted by atomic mass is 10.0. The van der Waals surface area contributed by atoms with Gasteiger partial charge in [0.25, 0.3) is 5.91 Å². The van der Waals surface area contributed by atoms with Gasteiger partial charge in [-0.15, -0.1) is 0 Å². The minimum Gasteiger partial charge on any atom is -0.350 e. The van der Waals surface area contributed by atoms with Crippen molar-refractivity contribution in [3.05, 3.63) is 107 Å². The number of carbonyl (C=O) groups excluding carboxylic acids is 2. The van der Waals surface area contributed by atoms with E-state index in [0.717, 1.165) is 23.3 Å². The molecule has 1 aliphatic rings. The normalized spacial score (nSPS) is 15.5. The van der Waals surface area contributed by atoms with Crippen LogP contribution in [0.3, 0.4) is 0 Å². The van der Waals surface area contributed by atoms with Gasteiger partial charge in [0.1, 0.15) is 6.04 Å². The summed E-state index contributed by atoms with van der Waals surface area (Å²) in [5.74, 6) is -0.585. The van der Waals surface area contributed by atoms with Gasteiger partial charge in [-0.3, -0.25) is 14.5 Å². The number of carbonyl (C=O) groups is 2. The van der Waals surface area contributed by atoms with E-state index in [1.165, 1.54) is 17.0 Å². The second-order valence-corrected chi connectivity index (χ2v) is 8.42. The number of alkyl halides is 3. The van der Waals surface area contributed by atoms with Crippen molar-refractivity contribution in [1.29, 1.82) is 0 Å². The van der Waals surface area contributed by atoms with E-state index in [1.807, 2.05) is 65.6 Å². The molecule has 1 aliphatic heterocycles. The van der Waals surface area contributed by atoms with E-state index in [4.69, 9.17) is 0 Å². The Bertz CT molecular complexity index is 1150. The third-order valence-electron chi connectivity index (χ3n) is 6.08. The summed E-state index contributed by atoms with van der Waals surface area (Å²) in [6.07, 6.45) is -4.51. The minimum atomic E-state index is -4.51. The second-order valence-electron chi connectivity index (χ2n) is 8.42. The zero-order chi connectivity index (χ0) is 24.8. The quantitative estimate of drug-likeness (QED) is 0.563. The smallest absolute Gasteiger partial charge is 0.350 e. The molecule has 1 unspecified atom stereocenters. The van der Waals surface area contributed by atoms with Gasteiger partial charge < -0.3 is 10.2 Å². The van der Waals surface area contributed by atoms with Crippen LogP contribution in [0.15, 0.2) is 84.9 Å². The summed E-state index contributed by atoms with van der Waals surface area (Å²) in [6.45, 7) is 1.86. The predicted octanol–water partition coefficient (Wildman–Crippen LogP) is 4.52. The number of rotatable bonds is 6. The number of benzene rings is 3. The van der Waals surface area contributed by atoms with Crippen LogP contribution in [-0.4, -0.2) is 47.8 Å². The summed E-state index contributed by atoms with van der Waals surface area (Å²) in [5, 5.41) is 3.01. The van der Waals surface area contributed by atoms with Crippen LogP contribution in [0.5, 0.6) is 0 Å². The van der Waals surface area contributed by atoms with Crippen molar-refractivity contribution in [2.45, 2.75) is 18.8 Å². The molecule has 0 radical (unpaired) electrons. The number of nitrogens with one attached hydrogen (secondary N) is 1. The molecule has 3 aromatic rings. The number of nitrogens with zero attached hydrogens (tertiary/aromatic N) is 2. The predicted molar refractivity (Wildman–Crippen MR) is 126 cm³/mol. The number of amides is 2. The van der Waals surface area contributed by atoms with Gasteiger partial charge in [0.2, 0.25) is 5.91 Å². The lowest BCUT2D eigenvalue weighted by molar-refractivity contribution is -0.137. The summed E-state index contributed by atoms with van der Waals surface area (Å²) in [5.41, 5.74) is 0.995. The molecule has 8 heteroatoms. The van der Waals surface area contributed by atoms with E-state index < -0.39 is 23.7 Å². The van der Waals surface area contributed by atoms with E-state index in [1.54, 1.807) is 0 Å². The van der Waals surface area contributed by atoms with Crippen molar-refractivity contribution >= 4 is 11.8 Å². The average Bonchev–Trinajstić information content (AvgIpc) is 2.88. The number of hydrogen-bond donors (Lipinski definition) is 1. The Balaban J connectivity index is 1.44. The van der Waals surface area contributed by atoms with E-state index in [2.05, 4.69) is 5.32 Å². The van der Waals surface area contributed by atoms with Crippen molar-refractivity contribution in [1.82, 2.24) is 15.1 Å². The van der Waals surface area contributed by atoms with Gasteiger partial charge in [0.15, 0.2) is 0 Å². The van der Waals surface area contributed by atoms with E-state index >= 15 is 0 Å². The van der Waals surface area contributed by atoms with Gasteiger partial charge in [-0.05, 0) is 29.3 Å². The summed E-state index contributed by atoms with van der Waals surface area (Å²) >= 11 is 0. The van der Waals surface area contributed by atoms with Gasteiger partial charge in [0.05, 0.1) is 5.56 Å².